The van der Waals surface area contributed by atoms with Gasteiger partial charge < -0.3 is 10.1 Å². The molecule has 106 valence electrons. The molecule has 1 aliphatic rings. The van der Waals surface area contributed by atoms with Crippen LogP contribution in [0.5, 0.6) is 0 Å². The monoisotopic (exact) mass is 329 g/mol. The summed E-state index contributed by atoms with van der Waals surface area (Å²) in [5.41, 5.74) is 1.13. The van der Waals surface area contributed by atoms with Crippen molar-refractivity contribution in [3.63, 3.8) is 0 Å². The first kappa shape index (κ1) is 14.9. The van der Waals surface area contributed by atoms with Crippen LogP contribution in [0.3, 0.4) is 0 Å². The number of halogens is 2. The topological polar surface area (TPSA) is 21.3 Å². The van der Waals surface area contributed by atoms with Gasteiger partial charge in [-0.15, -0.1) is 0 Å². The van der Waals surface area contributed by atoms with Crippen LogP contribution >= 0.6 is 15.9 Å². The molecule has 1 saturated heterocycles. The van der Waals surface area contributed by atoms with E-state index < -0.39 is 0 Å². The molecule has 2 unspecified atom stereocenters. The van der Waals surface area contributed by atoms with Crippen molar-refractivity contribution in [2.45, 2.75) is 44.8 Å². The maximum Gasteiger partial charge on any atom is 0.137 e. The summed E-state index contributed by atoms with van der Waals surface area (Å²) < 4.78 is 19.5. The van der Waals surface area contributed by atoms with Gasteiger partial charge in [-0.05, 0) is 65.9 Å². The van der Waals surface area contributed by atoms with Crippen molar-refractivity contribution in [1.82, 2.24) is 5.32 Å². The molecule has 2 rings (SSSR count). The highest BCUT2D eigenvalue weighted by molar-refractivity contribution is 9.10. The van der Waals surface area contributed by atoms with Crippen LogP contribution < -0.4 is 5.32 Å². The third-order valence-corrected chi connectivity index (χ3v) is 4.21. The van der Waals surface area contributed by atoms with Crippen molar-refractivity contribution >= 4 is 15.9 Å². The van der Waals surface area contributed by atoms with Crippen LogP contribution in [0.25, 0.3) is 0 Å². The van der Waals surface area contributed by atoms with Crippen LogP contribution in [-0.2, 0) is 4.74 Å². The lowest BCUT2D eigenvalue weighted by molar-refractivity contribution is 0.0996. The molecule has 0 bridgehead atoms. The summed E-state index contributed by atoms with van der Waals surface area (Å²) >= 11 is 3.26. The lowest BCUT2D eigenvalue weighted by Crippen LogP contribution is -2.22. The highest BCUT2D eigenvalue weighted by Crippen LogP contribution is 2.26. The van der Waals surface area contributed by atoms with Gasteiger partial charge >= 0.3 is 0 Å². The second kappa shape index (κ2) is 7.36. The van der Waals surface area contributed by atoms with E-state index in [9.17, 15) is 4.39 Å². The lowest BCUT2D eigenvalue weighted by Gasteiger charge is -2.20. The molecule has 4 heteroatoms. The van der Waals surface area contributed by atoms with Crippen LogP contribution in [-0.4, -0.2) is 19.3 Å². The van der Waals surface area contributed by atoms with Crippen molar-refractivity contribution in [3.05, 3.63) is 34.1 Å². The van der Waals surface area contributed by atoms with E-state index in [2.05, 4.69) is 28.2 Å². The van der Waals surface area contributed by atoms with E-state index in [1.807, 2.05) is 12.1 Å². The van der Waals surface area contributed by atoms with Crippen LogP contribution in [0.1, 0.15) is 44.2 Å². The van der Waals surface area contributed by atoms with Gasteiger partial charge in [0.25, 0.3) is 0 Å². The number of hydrogen-bond donors (Lipinski definition) is 1. The summed E-state index contributed by atoms with van der Waals surface area (Å²) in [6.07, 6.45) is 4.85. The minimum Gasteiger partial charge on any atom is -0.378 e. The fraction of sp³-hybridized carbons (Fsp3) is 0.600. The Morgan fingerprint density at radius 1 is 1.53 bits per heavy atom. The molecule has 19 heavy (non-hydrogen) atoms. The Hall–Kier alpha value is -0.450. The molecule has 0 aromatic heterocycles. The van der Waals surface area contributed by atoms with E-state index in [0.29, 0.717) is 10.6 Å². The van der Waals surface area contributed by atoms with Crippen molar-refractivity contribution in [3.8, 4) is 0 Å². The fourth-order valence-corrected chi connectivity index (χ4v) is 2.98. The standard InChI is InChI=1S/C15H21BrFNO/c1-2-18-15(8-6-12-4-3-9-19-12)11-5-7-14(17)13(16)10-11/h5,7,10,12,15,18H,2-4,6,8-9H2,1H3. The Bertz CT molecular complexity index is 407. The molecule has 1 aliphatic heterocycles. The van der Waals surface area contributed by atoms with Crippen molar-refractivity contribution < 1.29 is 9.13 Å². The number of rotatable bonds is 6. The summed E-state index contributed by atoms with van der Waals surface area (Å²) in [7, 11) is 0. The van der Waals surface area contributed by atoms with E-state index in [4.69, 9.17) is 4.74 Å². The van der Waals surface area contributed by atoms with Gasteiger partial charge in [-0.1, -0.05) is 13.0 Å². The van der Waals surface area contributed by atoms with Gasteiger partial charge in [0.05, 0.1) is 10.6 Å². The average Bonchev–Trinajstić information content (AvgIpc) is 2.91. The molecule has 0 aliphatic carbocycles. The third-order valence-electron chi connectivity index (χ3n) is 3.60. The summed E-state index contributed by atoms with van der Waals surface area (Å²) in [6.45, 7) is 3.90. The van der Waals surface area contributed by atoms with Gasteiger partial charge in [0.2, 0.25) is 0 Å². The number of ether oxygens (including phenoxy) is 1. The first-order valence-electron chi connectivity index (χ1n) is 7.00. The third kappa shape index (κ3) is 4.26. The minimum atomic E-state index is -0.210. The zero-order valence-corrected chi connectivity index (χ0v) is 12.9. The predicted molar refractivity (Wildman–Crippen MR) is 78.7 cm³/mol. The highest BCUT2D eigenvalue weighted by atomic mass is 79.9. The predicted octanol–water partition coefficient (Wildman–Crippen LogP) is 4.20. The maximum atomic E-state index is 13.3. The van der Waals surface area contributed by atoms with Gasteiger partial charge in [0.1, 0.15) is 5.82 Å². The second-order valence-electron chi connectivity index (χ2n) is 5.00. The molecular weight excluding hydrogens is 309 g/mol. The molecule has 1 aromatic carbocycles. The first-order chi connectivity index (χ1) is 9.20. The van der Waals surface area contributed by atoms with Crippen molar-refractivity contribution in [2.24, 2.45) is 0 Å². The van der Waals surface area contributed by atoms with Gasteiger partial charge in [0.15, 0.2) is 0 Å². The molecule has 2 nitrogen and oxygen atoms in total. The Kier molecular flexibility index (Phi) is 5.79. The molecule has 2 atom stereocenters. The average molecular weight is 330 g/mol. The lowest BCUT2D eigenvalue weighted by atomic mass is 9.99. The number of hydrogen-bond acceptors (Lipinski definition) is 2. The smallest absolute Gasteiger partial charge is 0.137 e. The van der Waals surface area contributed by atoms with Gasteiger partial charge in [-0.25, -0.2) is 4.39 Å². The van der Waals surface area contributed by atoms with E-state index in [0.717, 1.165) is 31.6 Å². The zero-order valence-electron chi connectivity index (χ0n) is 11.3. The number of nitrogens with one attached hydrogen (secondary N) is 1. The van der Waals surface area contributed by atoms with Crippen LogP contribution in [0.2, 0.25) is 0 Å². The van der Waals surface area contributed by atoms with E-state index in [1.54, 1.807) is 0 Å². The minimum absolute atomic E-state index is 0.210. The van der Waals surface area contributed by atoms with Crippen molar-refractivity contribution in [2.75, 3.05) is 13.2 Å². The van der Waals surface area contributed by atoms with E-state index in [1.165, 1.54) is 18.9 Å². The zero-order chi connectivity index (χ0) is 13.7. The van der Waals surface area contributed by atoms with Gasteiger partial charge in [0, 0.05) is 12.6 Å². The highest BCUT2D eigenvalue weighted by Gasteiger charge is 2.19. The Morgan fingerprint density at radius 3 is 3.00 bits per heavy atom. The molecule has 0 radical (unpaired) electrons. The second-order valence-corrected chi connectivity index (χ2v) is 5.85. The van der Waals surface area contributed by atoms with E-state index in [-0.39, 0.29) is 11.9 Å². The molecule has 1 heterocycles. The van der Waals surface area contributed by atoms with Crippen LogP contribution in [0.4, 0.5) is 4.39 Å². The Balaban J connectivity index is 1.99. The molecule has 0 spiro atoms. The molecule has 1 fully saturated rings. The largest absolute Gasteiger partial charge is 0.378 e. The summed E-state index contributed by atoms with van der Waals surface area (Å²) in [5, 5.41) is 3.47. The quantitative estimate of drug-likeness (QED) is 0.844. The number of benzene rings is 1. The fourth-order valence-electron chi connectivity index (χ4n) is 2.59. The molecule has 1 aromatic rings. The summed E-state index contributed by atoms with van der Waals surface area (Å²) in [6, 6.07) is 5.53. The molecule has 1 N–H and O–H groups in total. The van der Waals surface area contributed by atoms with Crippen LogP contribution in [0, 0.1) is 5.82 Å². The summed E-state index contributed by atoms with van der Waals surface area (Å²) in [5.74, 6) is -0.210. The Morgan fingerprint density at radius 2 is 2.37 bits per heavy atom. The molecule has 0 saturated carbocycles. The normalized spacial score (nSPS) is 20.7. The SMILES string of the molecule is CCNC(CCC1CCCO1)c1ccc(F)c(Br)c1. The maximum absolute atomic E-state index is 13.3. The van der Waals surface area contributed by atoms with E-state index >= 15 is 0 Å². The molecular formula is C15H21BrFNO. The van der Waals surface area contributed by atoms with Gasteiger partial charge in [-0.2, -0.15) is 0 Å². The summed E-state index contributed by atoms with van der Waals surface area (Å²) in [4.78, 5) is 0. The van der Waals surface area contributed by atoms with Crippen molar-refractivity contribution in [1.29, 1.82) is 0 Å². The Labute approximate surface area is 122 Å². The van der Waals surface area contributed by atoms with Crippen LogP contribution in [0.15, 0.2) is 22.7 Å². The molecule has 0 amide bonds. The van der Waals surface area contributed by atoms with Gasteiger partial charge in [-0.3, -0.25) is 0 Å². The first-order valence-corrected chi connectivity index (χ1v) is 7.80.